The van der Waals surface area contributed by atoms with Crippen molar-refractivity contribution in [2.75, 3.05) is 39.3 Å². The van der Waals surface area contributed by atoms with Gasteiger partial charge in [-0.2, -0.15) is 5.10 Å². The number of amides is 1. The zero-order valence-corrected chi connectivity index (χ0v) is 16.7. The minimum Gasteiger partial charge on any atom is -0.481 e. The van der Waals surface area contributed by atoms with Crippen molar-refractivity contribution >= 4 is 18.1 Å². The molecule has 0 saturated carbocycles. The molecule has 1 aliphatic rings. The van der Waals surface area contributed by atoms with Gasteiger partial charge in [0.05, 0.1) is 12.8 Å². The van der Waals surface area contributed by atoms with Gasteiger partial charge in [-0.1, -0.05) is 42.5 Å². The van der Waals surface area contributed by atoms with Gasteiger partial charge in [0.25, 0.3) is 5.91 Å². The van der Waals surface area contributed by atoms with Crippen LogP contribution in [0.3, 0.4) is 0 Å². The molecular weight excluding hydrogens is 384 g/mol. The molecular formula is C22H26N4O4. The van der Waals surface area contributed by atoms with E-state index in [0.717, 1.165) is 32.7 Å². The lowest BCUT2D eigenvalue weighted by Gasteiger charge is -2.34. The molecule has 2 aromatic carbocycles. The number of piperazine rings is 1. The van der Waals surface area contributed by atoms with E-state index in [1.165, 1.54) is 11.8 Å². The summed E-state index contributed by atoms with van der Waals surface area (Å²) in [6, 6.07) is 17.3. The molecule has 8 nitrogen and oxygen atoms in total. The van der Waals surface area contributed by atoms with Crippen LogP contribution in [0.15, 0.2) is 59.7 Å². The lowest BCUT2D eigenvalue weighted by molar-refractivity contribution is -0.139. The molecule has 0 aliphatic carbocycles. The zero-order chi connectivity index (χ0) is 21.2. The lowest BCUT2D eigenvalue weighted by atomic mass is 10.2. The van der Waals surface area contributed by atoms with Crippen LogP contribution in [0.2, 0.25) is 0 Å². The predicted molar refractivity (Wildman–Crippen MR) is 113 cm³/mol. The van der Waals surface area contributed by atoms with Crippen LogP contribution >= 0.6 is 0 Å². The second-order valence-corrected chi connectivity index (χ2v) is 7.05. The number of nitrogens with zero attached hydrogens (tertiary/aromatic N) is 3. The second-order valence-electron chi connectivity index (χ2n) is 7.05. The monoisotopic (exact) mass is 410 g/mol. The Morgan fingerprint density at radius 2 is 1.67 bits per heavy atom. The van der Waals surface area contributed by atoms with Crippen LogP contribution in [0.4, 0.5) is 0 Å². The summed E-state index contributed by atoms with van der Waals surface area (Å²) in [4.78, 5) is 27.3. The van der Waals surface area contributed by atoms with E-state index in [-0.39, 0.29) is 12.5 Å². The Morgan fingerprint density at radius 1 is 1.00 bits per heavy atom. The van der Waals surface area contributed by atoms with Gasteiger partial charge in [-0.3, -0.25) is 14.6 Å². The van der Waals surface area contributed by atoms with Crippen molar-refractivity contribution in [1.82, 2.24) is 15.2 Å². The predicted octanol–water partition coefficient (Wildman–Crippen LogP) is 1.42. The summed E-state index contributed by atoms with van der Waals surface area (Å²) in [6.45, 7) is 4.26. The molecule has 0 unspecified atom stereocenters. The molecule has 1 aliphatic heterocycles. The SMILES string of the molecule is O=C(O)COc1ccccc1/C=N/NC(=O)CN1CCN(Cc2ccccc2)CC1. The number of rotatable bonds is 9. The molecule has 1 heterocycles. The van der Waals surface area contributed by atoms with E-state index in [9.17, 15) is 9.59 Å². The highest BCUT2D eigenvalue weighted by Gasteiger charge is 2.18. The minimum atomic E-state index is -1.06. The Hall–Kier alpha value is -3.23. The number of carbonyl (C=O) groups excluding carboxylic acids is 1. The molecule has 3 rings (SSSR count). The molecule has 30 heavy (non-hydrogen) atoms. The number of benzene rings is 2. The fourth-order valence-corrected chi connectivity index (χ4v) is 3.22. The minimum absolute atomic E-state index is 0.188. The molecule has 0 bridgehead atoms. The van der Waals surface area contributed by atoms with E-state index in [0.29, 0.717) is 11.3 Å². The van der Waals surface area contributed by atoms with Gasteiger partial charge in [-0.05, 0) is 17.7 Å². The van der Waals surface area contributed by atoms with E-state index in [2.05, 4.69) is 32.5 Å². The van der Waals surface area contributed by atoms with Crippen molar-refractivity contribution in [2.45, 2.75) is 6.54 Å². The van der Waals surface area contributed by atoms with Gasteiger partial charge < -0.3 is 9.84 Å². The molecule has 0 spiro atoms. The summed E-state index contributed by atoms with van der Waals surface area (Å²) < 4.78 is 5.21. The Bertz CT molecular complexity index is 864. The third kappa shape index (κ3) is 6.98. The molecule has 2 N–H and O–H groups in total. The van der Waals surface area contributed by atoms with Gasteiger partial charge in [0, 0.05) is 38.3 Å². The lowest BCUT2D eigenvalue weighted by Crippen LogP contribution is -2.48. The topological polar surface area (TPSA) is 94.5 Å². The Morgan fingerprint density at radius 3 is 2.40 bits per heavy atom. The number of nitrogens with one attached hydrogen (secondary N) is 1. The molecule has 0 aromatic heterocycles. The van der Waals surface area contributed by atoms with Gasteiger partial charge in [0.1, 0.15) is 5.75 Å². The highest BCUT2D eigenvalue weighted by molar-refractivity contribution is 5.85. The van der Waals surface area contributed by atoms with Crippen LogP contribution in [0, 0.1) is 0 Å². The first-order chi connectivity index (χ1) is 14.6. The first-order valence-corrected chi connectivity index (χ1v) is 9.84. The van der Waals surface area contributed by atoms with E-state index in [1.54, 1.807) is 24.3 Å². The number of hydrogen-bond donors (Lipinski definition) is 2. The number of aliphatic carboxylic acids is 1. The summed E-state index contributed by atoms with van der Waals surface area (Å²) in [7, 11) is 0. The third-order valence-electron chi connectivity index (χ3n) is 4.74. The zero-order valence-electron chi connectivity index (χ0n) is 16.7. The number of carboxylic acids is 1. The molecule has 0 atom stereocenters. The van der Waals surface area contributed by atoms with Crippen molar-refractivity contribution < 1.29 is 19.4 Å². The standard InChI is InChI=1S/C22H26N4O4/c27-21(24-23-14-19-8-4-5-9-20(19)30-17-22(28)29)16-26-12-10-25(11-13-26)15-18-6-2-1-3-7-18/h1-9,14H,10-13,15-17H2,(H,24,27)(H,28,29)/b23-14+. The number of carboxylic acid groups (broad SMARTS) is 1. The highest BCUT2D eigenvalue weighted by atomic mass is 16.5. The van der Waals surface area contributed by atoms with Crippen molar-refractivity contribution in [3.8, 4) is 5.75 Å². The summed E-state index contributed by atoms with van der Waals surface area (Å²) >= 11 is 0. The van der Waals surface area contributed by atoms with Crippen LogP contribution in [0.1, 0.15) is 11.1 Å². The molecule has 158 valence electrons. The largest absolute Gasteiger partial charge is 0.481 e. The summed E-state index contributed by atoms with van der Waals surface area (Å²) in [6.07, 6.45) is 1.45. The smallest absolute Gasteiger partial charge is 0.341 e. The highest BCUT2D eigenvalue weighted by Crippen LogP contribution is 2.15. The third-order valence-corrected chi connectivity index (χ3v) is 4.74. The number of hydrogen-bond acceptors (Lipinski definition) is 6. The van der Waals surface area contributed by atoms with Gasteiger partial charge in [-0.15, -0.1) is 0 Å². The van der Waals surface area contributed by atoms with E-state index < -0.39 is 12.6 Å². The summed E-state index contributed by atoms with van der Waals surface area (Å²) in [5.74, 6) is -0.849. The fourth-order valence-electron chi connectivity index (χ4n) is 3.22. The average Bonchev–Trinajstić information content (AvgIpc) is 2.75. The number of para-hydroxylation sites is 1. The van der Waals surface area contributed by atoms with E-state index in [1.807, 2.05) is 18.2 Å². The van der Waals surface area contributed by atoms with Gasteiger partial charge in [-0.25, -0.2) is 10.2 Å². The summed E-state index contributed by atoms with van der Waals surface area (Å²) in [5.41, 5.74) is 4.41. The first kappa shape index (κ1) is 21.5. The Kier molecular flexibility index (Phi) is 7.94. The number of hydrazone groups is 1. The Balaban J connectivity index is 1.41. The van der Waals surface area contributed by atoms with Crippen LogP contribution < -0.4 is 10.2 Å². The van der Waals surface area contributed by atoms with Crippen LogP contribution in [0.25, 0.3) is 0 Å². The second kappa shape index (κ2) is 11.1. The molecule has 2 aromatic rings. The maximum atomic E-state index is 12.2. The average molecular weight is 410 g/mol. The fraction of sp³-hybridized carbons (Fsp3) is 0.318. The Labute approximate surface area is 175 Å². The van der Waals surface area contributed by atoms with Crippen molar-refractivity contribution in [3.05, 3.63) is 65.7 Å². The van der Waals surface area contributed by atoms with Crippen molar-refractivity contribution in [3.63, 3.8) is 0 Å². The number of carbonyl (C=O) groups is 2. The van der Waals surface area contributed by atoms with Crippen LogP contribution in [-0.4, -0.2) is 72.3 Å². The van der Waals surface area contributed by atoms with Gasteiger partial charge in [0.15, 0.2) is 6.61 Å². The number of ether oxygens (including phenoxy) is 1. The quantitative estimate of drug-likeness (QED) is 0.480. The first-order valence-electron chi connectivity index (χ1n) is 9.84. The molecule has 1 amide bonds. The van der Waals surface area contributed by atoms with Gasteiger partial charge in [0.2, 0.25) is 0 Å². The molecule has 0 radical (unpaired) electrons. The maximum absolute atomic E-state index is 12.2. The van der Waals surface area contributed by atoms with Crippen LogP contribution in [-0.2, 0) is 16.1 Å². The van der Waals surface area contributed by atoms with Gasteiger partial charge >= 0.3 is 5.97 Å². The molecule has 1 fully saturated rings. The molecule has 8 heteroatoms. The van der Waals surface area contributed by atoms with E-state index >= 15 is 0 Å². The normalized spacial score (nSPS) is 15.2. The van der Waals surface area contributed by atoms with Crippen LogP contribution in [0.5, 0.6) is 5.75 Å². The molecule has 1 saturated heterocycles. The maximum Gasteiger partial charge on any atom is 0.341 e. The van der Waals surface area contributed by atoms with Crippen molar-refractivity contribution in [2.24, 2.45) is 5.10 Å². The summed E-state index contributed by atoms with van der Waals surface area (Å²) in [5, 5.41) is 12.7. The van der Waals surface area contributed by atoms with E-state index in [4.69, 9.17) is 9.84 Å². The van der Waals surface area contributed by atoms with Crippen molar-refractivity contribution in [1.29, 1.82) is 0 Å².